The zero-order valence-corrected chi connectivity index (χ0v) is 6.27. The molecule has 0 amide bonds. The highest BCUT2D eigenvalue weighted by molar-refractivity contribution is 7.63. The van der Waals surface area contributed by atoms with Gasteiger partial charge in [-0.05, 0) is 19.1 Å². The van der Waals surface area contributed by atoms with Crippen LogP contribution in [0.4, 0.5) is 0 Å². The van der Waals surface area contributed by atoms with Crippen LogP contribution in [-0.4, -0.2) is 13.4 Å². The molecular formula is C6H7NO2S. The van der Waals surface area contributed by atoms with Crippen molar-refractivity contribution in [3.63, 3.8) is 0 Å². The molecule has 0 fully saturated rings. The van der Waals surface area contributed by atoms with Crippen molar-refractivity contribution in [2.24, 2.45) is 0 Å². The average molecular weight is 157 g/mol. The van der Waals surface area contributed by atoms with E-state index in [4.69, 9.17) is 0 Å². The molecule has 10 heavy (non-hydrogen) atoms. The third kappa shape index (κ3) is 1.48. The maximum atomic E-state index is 10.3. The smallest absolute Gasteiger partial charge is 0.238 e. The van der Waals surface area contributed by atoms with Gasteiger partial charge in [-0.3, -0.25) is 0 Å². The molecule has 1 N–H and O–H groups in total. The summed E-state index contributed by atoms with van der Waals surface area (Å²) in [5, 5.41) is 0. The molecule has 1 heterocycles. The van der Waals surface area contributed by atoms with E-state index in [9.17, 15) is 8.42 Å². The van der Waals surface area contributed by atoms with Crippen molar-refractivity contribution >= 4 is 10.3 Å². The van der Waals surface area contributed by atoms with Gasteiger partial charge in [0.1, 0.15) is 0 Å². The van der Waals surface area contributed by atoms with Crippen LogP contribution in [0.2, 0.25) is 0 Å². The number of rotatable bonds is 0. The van der Waals surface area contributed by atoms with Gasteiger partial charge in [-0.25, -0.2) is 0 Å². The molecule has 1 aromatic rings. The van der Waals surface area contributed by atoms with E-state index >= 15 is 0 Å². The molecule has 0 unspecified atom stereocenters. The van der Waals surface area contributed by atoms with Crippen LogP contribution in [0.3, 0.4) is 0 Å². The zero-order valence-electron chi connectivity index (χ0n) is 5.46. The van der Waals surface area contributed by atoms with E-state index in [1.807, 2.05) is 0 Å². The Morgan fingerprint density at radius 1 is 1.40 bits per heavy atom. The molecule has 0 aromatic carbocycles. The van der Waals surface area contributed by atoms with E-state index in [0.717, 1.165) is 5.69 Å². The van der Waals surface area contributed by atoms with Gasteiger partial charge in [0.15, 0.2) is 4.64 Å². The fraction of sp³-hybridized carbons (Fsp3) is 0.167. The van der Waals surface area contributed by atoms with Crippen LogP contribution in [0, 0.1) is 11.6 Å². The first-order chi connectivity index (χ1) is 4.70. The van der Waals surface area contributed by atoms with Crippen LogP contribution < -0.4 is 0 Å². The Kier molecular flexibility index (Phi) is 1.91. The number of hydrogen-bond donors (Lipinski definition) is 1. The highest BCUT2D eigenvalue weighted by Crippen LogP contribution is 1.89. The Bertz CT molecular complexity index is 380. The van der Waals surface area contributed by atoms with Crippen LogP contribution >= 0.6 is 0 Å². The van der Waals surface area contributed by atoms with Crippen LogP contribution in [0.25, 0.3) is 0 Å². The fourth-order valence-corrected chi connectivity index (χ4v) is 1.09. The lowest BCUT2D eigenvalue weighted by molar-refractivity contribution is 0.624. The molecule has 0 radical (unpaired) electrons. The number of pyridine rings is 1. The monoisotopic (exact) mass is 157 g/mol. The van der Waals surface area contributed by atoms with Gasteiger partial charge in [-0.1, -0.05) is 6.07 Å². The van der Waals surface area contributed by atoms with Crippen molar-refractivity contribution in [3.05, 3.63) is 28.5 Å². The highest BCUT2D eigenvalue weighted by Gasteiger charge is 1.81. The molecule has 0 spiro atoms. The van der Waals surface area contributed by atoms with E-state index < -0.39 is 10.3 Å². The molecule has 3 nitrogen and oxygen atoms in total. The number of aryl methyl sites for hydroxylation is 1. The summed E-state index contributed by atoms with van der Waals surface area (Å²) < 4.78 is 20.9. The molecule has 0 aliphatic carbocycles. The van der Waals surface area contributed by atoms with Crippen LogP contribution in [0.5, 0.6) is 0 Å². The lowest BCUT2D eigenvalue weighted by Crippen LogP contribution is -1.80. The minimum Gasteiger partial charge on any atom is -0.347 e. The van der Waals surface area contributed by atoms with E-state index in [1.54, 1.807) is 19.1 Å². The quantitative estimate of drug-likeness (QED) is 0.564. The molecule has 0 aliphatic rings. The number of aromatic nitrogens is 1. The summed E-state index contributed by atoms with van der Waals surface area (Å²) in [4.78, 5) is 2.69. The predicted octanol–water partition coefficient (Wildman–Crippen LogP) is 0.734. The molecule has 54 valence electrons. The Hall–Kier alpha value is -1.03. The van der Waals surface area contributed by atoms with Gasteiger partial charge in [-0.2, -0.15) is 8.42 Å². The van der Waals surface area contributed by atoms with Crippen molar-refractivity contribution < 1.29 is 8.42 Å². The van der Waals surface area contributed by atoms with E-state index in [2.05, 4.69) is 4.98 Å². The van der Waals surface area contributed by atoms with Crippen LogP contribution in [0.15, 0.2) is 18.2 Å². The molecule has 1 rings (SSSR count). The van der Waals surface area contributed by atoms with Crippen molar-refractivity contribution in [2.75, 3.05) is 0 Å². The van der Waals surface area contributed by atoms with Crippen molar-refractivity contribution in [1.29, 1.82) is 0 Å². The third-order valence-corrected chi connectivity index (χ3v) is 1.69. The maximum Gasteiger partial charge on any atom is 0.238 e. The Labute approximate surface area is 59.9 Å². The van der Waals surface area contributed by atoms with Gasteiger partial charge in [0.05, 0.1) is 0 Å². The van der Waals surface area contributed by atoms with Crippen LogP contribution in [0.1, 0.15) is 5.69 Å². The minimum atomic E-state index is -2.14. The van der Waals surface area contributed by atoms with Gasteiger partial charge in [-0.15, -0.1) is 0 Å². The van der Waals surface area contributed by atoms with E-state index in [0.29, 0.717) is 0 Å². The van der Waals surface area contributed by atoms with Gasteiger partial charge in [0.2, 0.25) is 10.3 Å². The summed E-state index contributed by atoms with van der Waals surface area (Å²) in [5.74, 6) is 0. The van der Waals surface area contributed by atoms with Crippen molar-refractivity contribution in [3.8, 4) is 0 Å². The summed E-state index contributed by atoms with van der Waals surface area (Å²) in [5.41, 5.74) is 0.835. The number of H-pyrrole nitrogens is 1. The fourth-order valence-electron chi connectivity index (χ4n) is 0.655. The van der Waals surface area contributed by atoms with Gasteiger partial charge in [0, 0.05) is 5.69 Å². The van der Waals surface area contributed by atoms with E-state index in [-0.39, 0.29) is 4.64 Å². The zero-order chi connectivity index (χ0) is 7.56. The first kappa shape index (κ1) is 7.08. The highest BCUT2D eigenvalue weighted by atomic mass is 32.2. The molecule has 0 aliphatic heterocycles. The Morgan fingerprint density at radius 3 is 2.50 bits per heavy atom. The van der Waals surface area contributed by atoms with Gasteiger partial charge >= 0.3 is 0 Å². The number of nitrogens with one attached hydrogen (secondary N) is 1. The van der Waals surface area contributed by atoms with E-state index in [1.165, 1.54) is 6.07 Å². The van der Waals surface area contributed by atoms with Crippen molar-refractivity contribution in [2.45, 2.75) is 6.92 Å². The second-order valence-corrected chi connectivity index (χ2v) is 2.84. The second-order valence-electron chi connectivity index (χ2n) is 1.93. The van der Waals surface area contributed by atoms with Gasteiger partial charge in [0.25, 0.3) is 0 Å². The third-order valence-electron chi connectivity index (χ3n) is 1.09. The predicted molar refractivity (Wildman–Crippen MR) is 37.7 cm³/mol. The lowest BCUT2D eigenvalue weighted by Gasteiger charge is -1.86. The Balaban J connectivity index is 3.65. The molecular weight excluding hydrogens is 150 g/mol. The molecule has 0 atom stereocenters. The molecule has 0 bridgehead atoms. The topological polar surface area (TPSA) is 49.9 Å². The SMILES string of the molecule is Cc1cccc(=S(=O)=O)[nH]1. The number of aromatic amines is 1. The summed E-state index contributed by atoms with van der Waals surface area (Å²) in [7, 11) is -2.14. The largest absolute Gasteiger partial charge is 0.347 e. The normalized spacial score (nSPS) is 9.30. The van der Waals surface area contributed by atoms with Crippen LogP contribution in [-0.2, 0) is 10.3 Å². The molecule has 0 saturated carbocycles. The lowest BCUT2D eigenvalue weighted by atomic mass is 10.4. The summed E-state index contributed by atoms with van der Waals surface area (Å²) in [6, 6.07) is 5.00. The first-order valence-corrected chi connectivity index (χ1v) is 3.86. The molecule has 0 saturated heterocycles. The number of hydrogen-bond acceptors (Lipinski definition) is 2. The minimum absolute atomic E-state index is 0.222. The molecule has 1 aromatic heterocycles. The average Bonchev–Trinajstić information content (AvgIpc) is 1.88. The standard InChI is InChI=1S/C6H7NO2S/c1-5-3-2-4-6(7-5)10(8)9/h2-4,7H,1H3. The summed E-state index contributed by atoms with van der Waals surface area (Å²) in [6.45, 7) is 1.80. The maximum absolute atomic E-state index is 10.3. The Morgan fingerprint density at radius 2 is 2.10 bits per heavy atom. The summed E-state index contributed by atoms with van der Waals surface area (Å²) >= 11 is 0. The first-order valence-electron chi connectivity index (χ1n) is 2.78. The van der Waals surface area contributed by atoms with Crippen molar-refractivity contribution in [1.82, 2.24) is 4.98 Å². The molecule has 4 heteroatoms. The van der Waals surface area contributed by atoms with Gasteiger partial charge < -0.3 is 4.98 Å². The second kappa shape index (κ2) is 2.70. The summed E-state index contributed by atoms with van der Waals surface area (Å²) in [6.07, 6.45) is 0.